The van der Waals surface area contributed by atoms with Gasteiger partial charge in [0.05, 0.1) is 35.5 Å². The predicted octanol–water partition coefficient (Wildman–Crippen LogP) is 5.93. The fraction of sp³-hybridized carbons (Fsp3) is 0.148. The number of ketones is 1. The number of rotatable bonds is 6. The summed E-state index contributed by atoms with van der Waals surface area (Å²) in [6.45, 7) is 2.32. The second-order valence-electron chi connectivity index (χ2n) is 8.01. The number of hydrogen-bond donors (Lipinski definition) is 1. The number of fused-ring (bicyclic) bond motifs is 1. The fourth-order valence-corrected chi connectivity index (χ4v) is 5.55. The number of aliphatic hydroxyl groups is 1. The zero-order chi connectivity index (χ0) is 25.4. The van der Waals surface area contributed by atoms with Crippen LogP contribution in [0.15, 0.2) is 72.3 Å². The van der Waals surface area contributed by atoms with E-state index in [0.29, 0.717) is 39.9 Å². The van der Waals surface area contributed by atoms with Crippen molar-refractivity contribution >= 4 is 66.7 Å². The molecule has 4 aromatic rings. The number of amides is 1. The molecule has 1 saturated heterocycles. The molecule has 1 amide bonds. The third-order valence-corrected chi connectivity index (χ3v) is 7.58. The summed E-state index contributed by atoms with van der Waals surface area (Å²) < 4.78 is 12.7. The van der Waals surface area contributed by atoms with Crippen LogP contribution in [0.2, 0.25) is 0 Å². The van der Waals surface area contributed by atoms with Crippen molar-refractivity contribution in [2.45, 2.75) is 13.0 Å². The van der Waals surface area contributed by atoms with E-state index < -0.39 is 17.7 Å². The highest BCUT2D eigenvalue weighted by Crippen LogP contribution is 2.44. The molecule has 9 heteroatoms. The molecule has 5 rings (SSSR count). The summed E-state index contributed by atoms with van der Waals surface area (Å²) >= 11 is 3.48. The lowest BCUT2D eigenvalue weighted by atomic mass is 9.95. The minimum atomic E-state index is -0.847. The standard InChI is InChI=1S/C27H21IN2O5S/c1-3-35-19-6-4-5-16(13-19)24(31)22-23(15-7-9-17(28)10-8-15)30(26(33)25(22)32)27-29-20-12-11-18(34-2)14-21(20)36-27/h4-14,23,31H,3H2,1-2H3. The Morgan fingerprint density at radius 2 is 1.86 bits per heavy atom. The second-order valence-corrected chi connectivity index (χ2v) is 10.3. The monoisotopic (exact) mass is 612 g/mol. The summed E-state index contributed by atoms with van der Waals surface area (Å²) in [5, 5.41) is 11.7. The van der Waals surface area contributed by atoms with Crippen molar-refractivity contribution in [2.24, 2.45) is 0 Å². The van der Waals surface area contributed by atoms with E-state index in [0.717, 1.165) is 8.27 Å². The molecule has 36 heavy (non-hydrogen) atoms. The molecule has 1 atom stereocenters. The molecule has 0 saturated carbocycles. The van der Waals surface area contributed by atoms with Crippen LogP contribution in [0.3, 0.4) is 0 Å². The highest BCUT2D eigenvalue weighted by atomic mass is 127. The molecule has 1 fully saturated rings. The highest BCUT2D eigenvalue weighted by molar-refractivity contribution is 14.1. The van der Waals surface area contributed by atoms with Gasteiger partial charge < -0.3 is 14.6 Å². The summed E-state index contributed by atoms with van der Waals surface area (Å²) in [6, 6.07) is 18.9. The molecule has 1 N–H and O–H groups in total. The molecule has 182 valence electrons. The minimum Gasteiger partial charge on any atom is -0.507 e. The van der Waals surface area contributed by atoms with Gasteiger partial charge in [-0.25, -0.2) is 4.98 Å². The Morgan fingerprint density at radius 3 is 2.58 bits per heavy atom. The van der Waals surface area contributed by atoms with Crippen LogP contribution in [0, 0.1) is 3.57 Å². The predicted molar refractivity (Wildman–Crippen MR) is 148 cm³/mol. The Morgan fingerprint density at radius 1 is 1.08 bits per heavy atom. The number of benzene rings is 3. The van der Waals surface area contributed by atoms with Crippen molar-refractivity contribution in [3.8, 4) is 11.5 Å². The number of Topliss-reactive ketones (excluding diaryl/α,β-unsaturated/α-hetero) is 1. The van der Waals surface area contributed by atoms with Crippen LogP contribution in [0.4, 0.5) is 5.13 Å². The second kappa shape index (κ2) is 9.90. The molecule has 1 unspecified atom stereocenters. The molecule has 1 aromatic heterocycles. The summed E-state index contributed by atoms with van der Waals surface area (Å²) in [4.78, 5) is 32.8. The molecule has 0 spiro atoms. The number of thiazole rings is 1. The maximum absolute atomic E-state index is 13.4. The zero-order valence-electron chi connectivity index (χ0n) is 19.4. The Bertz CT molecular complexity index is 1510. The molecule has 0 aliphatic carbocycles. The molecule has 7 nitrogen and oxygen atoms in total. The topological polar surface area (TPSA) is 89.0 Å². The Kier molecular flexibility index (Phi) is 6.67. The van der Waals surface area contributed by atoms with E-state index in [4.69, 9.17) is 9.47 Å². The van der Waals surface area contributed by atoms with E-state index in [1.165, 1.54) is 16.2 Å². The SMILES string of the molecule is CCOc1cccc(C(O)=C2C(=O)C(=O)N(c3nc4ccc(OC)cc4s3)C2c2ccc(I)cc2)c1. The van der Waals surface area contributed by atoms with Crippen molar-refractivity contribution in [1.82, 2.24) is 4.98 Å². The Hall–Kier alpha value is -3.44. The maximum atomic E-state index is 13.4. The van der Waals surface area contributed by atoms with Gasteiger partial charge in [-0.3, -0.25) is 14.5 Å². The average molecular weight is 612 g/mol. The number of ether oxygens (including phenoxy) is 2. The molecule has 0 radical (unpaired) electrons. The van der Waals surface area contributed by atoms with Crippen LogP contribution >= 0.6 is 33.9 Å². The van der Waals surface area contributed by atoms with Gasteiger partial charge in [-0.1, -0.05) is 35.6 Å². The smallest absolute Gasteiger partial charge is 0.301 e. The Balaban J connectivity index is 1.69. The van der Waals surface area contributed by atoms with Crippen molar-refractivity contribution in [2.75, 3.05) is 18.6 Å². The molecular formula is C27H21IN2O5S. The first-order valence-corrected chi connectivity index (χ1v) is 13.0. The number of carbonyl (C=O) groups is 2. The molecule has 1 aliphatic heterocycles. The van der Waals surface area contributed by atoms with Crippen LogP contribution in [-0.2, 0) is 9.59 Å². The van der Waals surface area contributed by atoms with Crippen molar-refractivity contribution < 1.29 is 24.2 Å². The summed E-state index contributed by atoms with van der Waals surface area (Å²) in [5.74, 6) is -0.546. The Labute approximate surface area is 225 Å². The van der Waals surface area contributed by atoms with Crippen molar-refractivity contribution in [3.05, 3.63) is 87.0 Å². The summed E-state index contributed by atoms with van der Waals surface area (Å²) in [6.07, 6.45) is 0. The van der Waals surface area contributed by atoms with Gasteiger partial charge in [0, 0.05) is 9.13 Å². The lowest BCUT2D eigenvalue weighted by Gasteiger charge is -2.23. The number of carbonyl (C=O) groups excluding carboxylic acids is 2. The molecule has 3 aromatic carbocycles. The van der Waals surface area contributed by atoms with E-state index in [1.807, 2.05) is 43.3 Å². The van der Waals surface area contributed by atoms with Gasteiger partial charge in [0.1, 0.15) is 17.3 Å². The number of nitrogens with zero attached hydrogens (tertiary/aromatic N) is 2. The quantitative estimate of drug-likeness (QED) is 0.126. The van der Waals surface area contributed by atoms with E-state index in [-0.39, 0.29) is 11.3 Å². The van der Waals surface area contributed by atoms with E-state index >= 15 is 0 Å². The number of aromatic nitrogens is 1. The van der Waals surface area contributed by atoms with Gasteiger partial charge in [-0.2, -0.15) is 0 Å². The summed E-state index contributed by atoms with van der Waals surface area (Å²) in [5.41, 5.74) is 1.77. The molecule has 1 aliphatic rings. The largest absolute Gasteiger partial charge is 0.507 e. The first kappa shape index (κ1) is 24.3. The third-order valence-electron chi connectivity index (χ3n) is 5.84. The molecule has 0 bridgehead atoms. The zero-order valence-corrected chi connectivity index (χ0v) is 22.4. The minimum absolute atomic E-state index is 0.00620. The normalized spacial score (nSPS) is 17.1. The van der Waals surface area contributed by atoms with E-state index in [1.54, 1.807) is 37.4 Å². The number of anilines is 1. The fourth-order valence-electron chi connectivity index (χ4n) is 4.17. The van der Waals surface area contributed by atoms with Gasteiger partial charge in [0.2, 0.25) is 0 Å². The van der Waals surface area contributed by atoms with Crippen LogP contribution in [0.5, 0.6) is 11.5 Å². The number of aliphatic hydroxyl groups excluding tert-OH is 1. The van der Waals surface area contributed by atoms with Crippen molar-refractivity contribution in [3.63, 3.8) is 0 Å². The lowest BCUT2D eigenvalue weighted by molar-refractivity contribution is -0.132. The van der Waals surface area contributed by atoms with Crippen LogP contribution in [-0.4, -0.2) is 35.5 Å². The number of halogens is 1. The van der Waals surface area contributed by atoms with E-state index in [2.05, 4.69) is 27.6 Å². The van der Waals surface area contributed by atoms with E-state index in [9.17, 15) is 14.7 Å². The average Bonchev–Trinajstić information content (AvgIpc) is 3.42. The van der Waals surface area contributed by atoms with Gasteiger partial charge in [-0.15, -0.1) is 0 Å². The highest BCUT2D eigenvalue weighted by Gasteiger charge is 2.48. The van der Waals surface area contributed by atoms with Crippen LogP contribution < -0.4 is 14.4 Å². The van der Waals surface area contributed by atoms with Crippen molar-refractivity contribution in [1.29, 1.82) is 0 Å². The first-order chi connectivity index (χ1) is 17.4. The first-order valence-electron chi connectivity index (χ1n) is 11.2. The number of methoxy groups -OCH3 is 1. The van der Waals surface area contributed by atoms with Gasteiger partial charge in [-0.05, 0) is 77.5 Å². The van der Waals surface area contributed by atoms with Crippen LogP contribution in [0.25, 0.3) is 16.0 Å². The number of hydrogen-bond acceptors (Lipinski definition) is 7. The van der Waals surface area contributed by atoms with Gasteiger partial charge in [0.15, 0.2) is 5.13 Å². The van der Waals surface area contributed by atoms with Gasteiger partial charge >= 0.3 is 5.91 Å². The molecular weight excluding hydrogens is 591 g/mol. The van der Waals surface area contributed by atoms with Crippen LogP contribution in [0.1, 0.15) is 24.1 Å². The summed E-state index contributed by atoms with van der Waals surface area (Å²) in [7, 11) is 1.58. The lowest BCUT2D eigenvalue weighted by Crippen LogP contribution is -2.29. The van der Waals surface area contributed by atoms with Gasteiger partial charge in [0.25, 0.3) is 5.78 Å². The third kappa shape index (κ3) is 4.33. The molecule has 2 heterocycles. The maximum Gasteiger partial charge on any atom is 0.301 e.